The van der Waals surface area contributed by atoms with E-state index in [4.69, 9.17) is 16.3 Å². The molecule has 1 rings (SSSR count). The Kier molecular flexibility index (Phi) is 4.27. The average Bonchev–Trinajstić information content (AvgIpc) is 2.64. The summed E-state index contributed by atoms with van der Waals surface area (Å²) >= 11 is 0. The van der Waals surface area contributed by atoms with Crippen molar-refractivity contribution in [3.63, 3.8) is 0 Å². The molecule has 0 aliphatic rings. The van der Waals surface area contributed by atoms with E-state index >= 15 is 0 Å². The predicted molar refractivity (Wildman–Crippen MR) is 64.2 cm³/mol. The second-order valence-corrected chi connectivity index (χ2v) is 3.64. The summed E-state index contributed by atoms with van der Waals surface area (Å²) in [5.74, 6) is -0.446. The highest BCUT2D eigenvalue weighted by Crippen LogP contribution is 2.18. The predicted octanol–water partition coefficient (Wildman–Crippen LogP) is 0.283. The van der Waals surface area contributed by atoms with Gasteiger partial charge in [0.2, 0.25) is 0 Å². The molecule has 0 aromatic carbocycles. The molecule has 1 amide bonds. The number of aromatic nitrogens is 2. The van der Waals surface area contributed by atoms with Crippen LogP contribution in [0.5, 0.6) is 0 Å². The quantitative estimate of drug-likeness (QED) is 0.767. The zero-order chi connectivity index (χ0) is 13.7. The van der Waals surface area contributed by atoms with Crippen LogP contribution in [0.3, 0.4) is 0 Å². The van der Waals surface area contributed by atoms with Crippen molar-refractivity contribution in [2.45, 2.75) is 20.4 Å². The number of anilines is 1. The lowest BCUT2D eigenvalue weighted by Gasteiger charge is -2.16. The molecule has 0 saturated carbocycles. The third kappa shape index (κ3) is 2.41. The lowest BCUT2D eigenvalue weighted by Crippen LogP contribution is -2.33. The summed E-state index contributed by atoms with van der Waals surface area (Å²) in [6.45, 7) is 3.73. The fraction of sp³-hybridized carbons (Fsp3) is 0.455. The van der Waals surface area contributed by atoms with Gasteiger partial charge in [-0.1, -0.05) is 0 Å². The van der Waals surface area contributed by atoms with Crippen molar-refractivity contribution in [3.05, 3.63) is 11.4 Å². The minimum absolute atomic E-state index is 0.153. The van der Waals surface area contributed by atoms with Gasteiger partial charge in [0.1, 0.15) is 18.8 Å². The largest absolute Gasteiger partial charge is 0.395 e. The van der Waals surface area contributed by atoms with Crippen molar-refractivity contribution >= 4 is 11.6 Å². The van der Waals surface area contributed by atoms with Crippen LogP contribution in [0.15, 0.2) is 0 Å². The number of nitrogen functional groups attached to an aromatic ring is 1. The first-order chi connectivity index (χ1) is 8.56. The number of carbonyl (C=O) groups excluding carboxylic acids is 1. The van der Waals surface area contributed by atoms with Gasteiger partial charge in [-0.25, -0.2) is 0 Å². The smallest absolute Gasteiger partial charge is 0.276 e. The highest BCUT2D eigenvalue weighted by molar-refractivity contribution is 5.98. The zero-order valence-corrected chi connectivity index (χ0v) is 10.3. The molecule has 94 valence electrons. The topological polar surface area (TPSA) is 112 Å². The van der Waals surface area contributed by atoms with Gasteiger partial charge in [0.15, 0.2) is 0 Å². The van der Waals surface area contributed by atoms with Crippen molar-refractivity contribution < 1.29 is 4.79 Å². The van der Waals surface area contributed by atoms with E-state index in [9.17, 15) is 4.79 Å². The Morgan fingerprint density at radius 2 is 2.00 bits per heavy atom. The summed E-state index contributed by atoms with van der Waals surface area (Å²) < 4.78 is 1.48. The van der Waals surface area contributed by atoms with Crippen LogP contribution in [0, 0.1) is 29.6 Å². The number of aryl methyl sites for hydroxylation is 2. The molecule has 0 radical (unpaired) electrons. The minimum atomic E-state index is -0.446. The van der Waals surface area contributed by atoms with Crippen LogP contribution in [0.2, 0.25) is 0 Å². The highest BCUT2D eigenvalue weighted by Gasteiger charge is 2.24. The fourth-order valence-electron chi connectivity index (χ4n) is 1.57. The zero-order valence-electron chi connectivity index (χ0n) is 10.3. The van der Waals surface area contributed by atoms with Gasteiger partial charge >= 0.3 is 0 Å². The van der Waals surface area contributed by atoms with Gasteiger partial charge in [0.05, 0.1) is 23.5 Å². The number of nitrogens with zero attached hydrogens (tertiary/aromatic N) is 5. The molecule has 0 unspecified atom stereocenters. The van der Waals surface area contributed by atoms with Gasteiger partial charge in [-0.15, -0.1) is 0 Å². The Bertz CT molecular complexity index is 517. The van der Waals surface area contributed by atoms with E-state index < -0.39 is 5.91 Å². The summed E-state index contributed by atoms with van der Waals surface area (Å²) in [6, 6.07) is 3.70. The van der Waals surface area contributed by atoms with E-state index in [1.807, 2.05) is 19.1 Å². The maximum atomic E-state index is 12.2. The van der Waals surface area contributed by atoms with Gasteiger partial charge in [0.25, 0.3) is 5.91 Å². The maximum Gasteiger partial charge on any atom is 0.276 e. The normalized spacial score (nSPS) is 9.56. The van der Waals surface area contributed by atoms with E-state index in [-0.39, 0.29) is 18.8 Å². The Morgan fingerprint density at radius 1 is 1.44 bits per heavy atom. The molecule has 1 aromatic rings. The molecule has 7 nitrogen and oxygen atoms in total. The van der Waals surface area contributed by atoms with E-state index in [0.717, 1.165) is 4.90 Å². The summed E-state index contributed by atoms with van der Waals surface area (Å²) in [5, 5.41) is 21.4. The lowest BCUT2D eigenvalue weighted by molar-refractivity contribution is 0.0783. The van der Waals surface area contributed by atoms with Crippen LogP contribution in [-0.4, -0.2) is 33.7 Å². The molecule has 1 aromatic heterocycles. The van der Waals surface area contributed by atoms with Crippen LogP contribution >= 0.6 is 0 Å². The lowest BCUT2D eigenvalue weighted by atomic mass is 10.2. The third-order valence-electron chi connectivity index (χ3n) is 2.49. The third-order valence-corrected chi connectivity index (χ3v) is 2.49. The van der Waals surface area contributed by atoms with Gasteiger partial charge in [-0.2, -0.15) is 15.6 Å². The van der Waals surface area contributed by atoms with Crippen LogP contribution in [0.4, 0.5) is 5.69 Å². The number of nitrogens with two attached hydrogens (primary N) is 1. The molecule has 0 atom stereocenters. The molecule has 0 bridgehead atoms. The number of nitriles is 2. The van der Waals surface area contributed by atoms with Gasteiger partial charge in [0, 0.05) is 6.54 Å². The molecular formula is C11H14N6O. The molecule has 0 aliphatic heterocycles. The van der Waals surface area contributed by atoms with Crippen molar-refractivity contribution in [3.8, 4) is 12.1 Å². The Labute approximate surface area is 105 Å². The number of hydrogen-bond acceptors (Lipinski definition) is 5. The molecule has 7 heteroatoms. The molecule has 2 N–H and O–H groups in total. The average molecular weight is 246 g/mol. The van der Waals surface area contributed by atoms with Crippen molar-refractivity contribution in [1.82, 2.24) is 14.7 Å². The van der Waals surface area contributed by atoms with Crippen LogP contribution in [0.25, 0.3) is 0 Å². The van der Waals surface area contributed by atoms with E-state index in [1.54, 1.807) is 6.92 Å². The van der Waals surface area contributed by atoms with Gasteiger partial charge in [-0.05, 0) is 13.8 Å². The Morgan fingerprint density at radius 3 is 2.44 bits per heavy atom. The molecule has 0 spiro atoms. The first-order valence-electron chi connectivity index (χ1n) is 5.42. The van der Waals surface area contributed by atoms with Crippen molar-refractivity contribution in [2.75, 3.05) is 18.8 Å². The summed E-state index contributed by atoms with van der Waals surface area (Å²) in [7, 11) is 0. The van der Waals surface area contributed by atoms with E-state index in [1.165, 1.54) is 4.68 Å². The number of carbonyl (C=O) groups is 1. The second kappa shape index (κ2) is 5.69. The van der Waals surface area contributed by atoms with Gasteiger partial charge < -0.3 is 10.6 Å². The number of hydrogen-bond donors (Lipinski definition) is 1. The summed E-state index contributed by atoms with van der Waals surface area (Å²) in [5.41, 5.74) is 6.91. The fourth-order valence-corrected chi connectivity index (χ4v) is 1.57. The molecular weight excluding hydrogens is 232 g/mol. The maximum absolute atomic E-state index is 12.2. The molecule has 0 fully saturated rings. The van der Waals surface area contributed by atoms with Crippen molar-refractivity contribution in [1.29, 1.82) is 10.5 Å². The van der Waals surface area contributed by atoms with Crippen molar-refractivity contribution in [2.24, 2.45) is 0 Å². The van der Waals surface area contributed by atoms with E-state index in [0.29, 0.717) is 17.9 Å². The molecule has 0 saturated heterocycles. The second-order valence-electron chi connectivity index (χ2n) is 3.64. The number of amides is 1. The number of rotatable bonds is 4. The highest BCUT2D eigenvalue weighted by atomic mass is 16.2. The molecule has 0 aliphatic carbocycles. The van der Waals surface area contributed by atoms with Crippen LogP contribution < -0.4 is 5.73 Å². The SMILES string of the molecule is CCn1nc(C)c(N)c1C(=O)N(CC#N)CC#N. The Hall–Kier alpha value is -2.54. The monoisotopic (exact) mass is 246 g/mol. The van der Waals surface area contributed by atoms with Crippen LogP contribution in [-0.2, 0) is 6.54 Å². The Balaban J connectivity index is 3.17. The van der Waals surface area contributed by atoms with Crippen LogP contribution in [0.1, 0.15) is 23.1 Å². The molecule has 18 heavy (non-hydrogen) atoms. The minimum Gasteiger partial charge on any atom is -0.395 e. The summed E-state index contributed by atoms with van der Waals surface area (Å²) in [6.07, 6.45) is 0. The molecule has 1 heterocycles. The van der Waals surface area contributed by atoms with E-state index in [2.05, 4.69) is 5.10 Å². The first kappa shape index (κ1) is 13.5. The summed E-state index contributed by atoms with van der Waals surface area (Å²) in [4.78, 5) is 13.4. The van der Waals surface area contributed by atoms with Gasteiger partial charge in [-0.3, -0.25) is 9.48 Å². The standard InChI is InChI=1S/C11H14N6O/c1-3-17-10(9(14)8(2)15-17)11(18)16(6-4-12)7-5-13/h3,6-7,14H2,1-2H3. The first-order valence-corrected chi connectivity index (χ1v) is 5.42.